The molecule has 1 aliphatic heterocycles. The van der Waals surface area contributed by atoms with Gasteiger partial charge in [0.15, 0.2) is 11.3 Å². The zero-order valence-electron chi connectivity index (χ0n) is 22.5. The van der Waals surface area contributed by atoms with E-state index >= 15 is 0 Å². The average molecular weight is 566 g/mol. The number of benzene rings is 1. The highest BCUT2D eigenvalue weighted by molar-refractivity contribution is 7.97. The first-order valence-corrected chi connectivity index (χ1v) is 13.9. The fourth-order valence-electron chi connectivity index (χ4n) is 4.57. The third kappa shape index (κ3) is 5.64. The van der Waals surface area contributed by atoms with Crippen molar-refractivity contribution in [3.05, 3.63) is 58.0 Å². The second-order valence-corrected chi connectivity index (χ2v) is 10.4. The highest BCUT2D eigenvalue weighted by Crippen LogP contribution is 2.34. The lowest BCUT2D eigenvalue weighted by atomic mass is 10.2. The largest absolute Gasteiger partial charge is 0.493 e. The number of piperazine rings is 1. The van der Waals surface area contributed by atoms with Crippen LogP contribution in [-0.2, 0) is 6.42 Å². The predicted octanol–water partition coefficient (Wildman–Crippen LogP) is 2.48. The highest BCUT2D eigenvalue weighted by Gasteiger charge is 2.22. The lowest BCUT2D eigenvalue weighted by molar-refractivity contribution is 0.0705. The van der Waals surface area contributed by atoms with Gasteiger partial charge in [-0.2, -0.15) is 0 Å². The maximum absolute atomic E-state index is 13.0. The van der Waals surface area contributed by atoms with Crippen molar-refractivity contribution in [3.8, 4) is 17.1 Å². The molecule has 0 aliphatic carbocycles. The fraction of sp³-hybridized carbons (Fsp3) is 0.385. The number of hydrogen-bond acceptors (Lipinski definition) is 11. The molecule has 13 nitrogen and oxygen atoms in total. The smallest absolute Gasteiger partial charge is 0.277 e. The summed E-state index contributed by atoms with van der Waals surface area (Å²) in [6.45, 7) is 9.21. The summed E-state index contributed by atoms with van der Waals surface area (Å²) in [7, 11) is 0. The Kier molecular flexibility index (Phi) is 8.28. The van der Waals surface area contributed by atoms with Crippen molar-refractivity contribution in [1.29, 1.82) is 0 Å². The summed E-state index contributed by atoms with van der Waals surface area (Å²) in [5.74, 6) is 1.72. The van der Waals surface area contributed by atoms with Crippen LogP contribution in [0.1, 0.15) is 42.1 Å². The monoisotopic (exact) mass is 565 g/mol. The van der Waals surface area contributed by atoms with E-state index in [0.29, 0.717) is 54.0 Å². The van der Waals surface area contributed by atoms with E-state index in [4.69, 9.17) is 15.0 Å². The number of aromatic amines is 1. The summed E-state index contributed by atoms with van der Waals surface area (Å²) in [6.07, 6.45) is 4.40. The molecule has 0 atom stereocenters. The summed E-state index contributed by atoms with van der Waals surface area (Å²) >= 11 is 1.62. The number of rotatable bonds is 9. The van der Waals surface area contributed by atoms with E-state index < -0.39 is 5.91 Å². The molecule has 40 heavy (non-hydrogen) atoms. The molecule has 0 saturated carbocycles. The van der Waals surface area contributed by atoms with Gasteiger partial charge < -0.3 is 14.6 Å². The van der Waals surface area contributed by atoms with Crippen molar-refractivity contribution in [2.24, 2.45) is 0 Å². The summed E-state index contributed by atoms with van der Waals surface area (Å²) in [4.78, 5) is 43.6. The Morgan fingerprint density at radius 1 is 1.18 bits per heavy atom. The summed E-state index contributed by atoms with van der Waals surface area (Å²) in [5.41, 5.74) is 3.36. The van der Waals surface area contributed by atoms with Crippen LogP contribution in [0, 0.1) is 6.92 Å². The van der Waals surface area contributed by atoms with Gasteiger partial charge in [-0.15, -0.1) is 5.10 Å². The van der Waals surface area contributed by atoms with Crippen LogP contribution in [0.5, 0.6) is 5.75 Å². The van der Waals surface area contributed by atoms with Crippen LogP contribution >= 0.6 is 11.9 Å². The number of nitrogens with zero attached hydrogens (tertiary/aromatic N) is 7. The van der Waals surface area contributed by atoms with E-state index in [9.17, 15) is 9.59 Å². The molecule has 3 N–H and O–H groups in total. The molecule has 0 unspecified atom stereocenters. The fourth-order valence-corrected chi connectivity index (χ4v) is 5.51. The van der Waals surface area contributed by atoms with Crippen LogP contribution in [0.4, 0.5) is 5.95 Å². The Morgan fingerprint density at radius 3 is 2.60 bits per heavy atom. The van der Waals surface area contributed by atoms with Gasteiger partial charge in [-0.25, -0.2) is 29.3 Å². The van der Waals surface area contributed by atoms with Gasteiger partial charge >= 0.3 is 0 Å². The number of nitrogens with one attached hydrogen (secondary N) is 2. The molecule has 3 aromatic heterocycles. The van der Waals surface area contributed by atoms with Gasteiger partial charge in [-0.05, 0) is 50.4 Å². The van der Waals surface area contributed by atoms with Crippen molar-refractivity contribution < 1.29 is 14.7 Å². The molecule has 5 rings (SSSR count). The van der Waals surface area contributed by atoms with Gasteiger partial charge in [0.25, 0.3) is 11.5 Å². The minimum Gasteiger partial charge on any atom is -0.493 e. The van der Waals surface area contributed by atoms with Gasteiger partial charge in [-0.3, -0.25) is 14.8 Å². The number of hydroxylamine groups is 1. The van der Waals surface area contributed by atoms with Gasteiger partial charge in [0.2, 0.25) is 5.95 Å². The van der Waals surface area contributed by atoms with Crippen molar-refractivity contribution in [1.82, 2.24) is 39.3 Å². The molecule has 210 valence electrons. The van der Waals surface area contributed by atoms with Gasteiger partial charge in [0.05, 0.1) is 23.4 Å². The first kappa shape index (κ1) is 27.6. The number of anilines is 1. The lowest BCUT2D eigenvalue weighted by Gasteiger charge is -2.33. The molecule has 1 amide bonds. The second kappa shape index (κ2) is 12.0. The number of fused-ring (bicyclic) bond motifs is 1. The number of carbonyl (C=O) groups is 1. The number of ether oxygens (including phenoxy) is 1. The highest BCUT2D eigenvalue weighted by atomic mass is 32.2. The lowest BCUT2D eigenvalue weighted by Crippen LogP contribution is -2.44. The molecule has 1 saturated heterocycles. The molecule has 1 aromatic carbocycles. The summed E-state index contributed by atoms with van der Waals surface area (Å²) < 4.78 is 9.81. The molecule has 0 spiro atoms. The number of hydrogen-bond donors (Lipinski definition) is 3. The van der Waals surface area contributed by atoms with E-state index in [1.54, 1.807) is 21.9 Å². The molecule has 0 bridgehead atoms. The van der Waals surface area contributed by atoms with Crippen molar-refractivity contribution in [3.63, 3.8) is 0 Å². The molecule has 4 heterocycles. The Balaban J connectivity index is 1.35. The van der Waals surface area contributed by atoms with Crippen molar-refractivity contribution >= 4 is 29.3 Å². The molecule has 4 aromatic rings. The second-order valence-electron chi connectivity index (χ2n) is 9.24. The standard InChI is InChI=1S/C26H31N9O4S/c1-4-6-21-29-16(3)22-25(37)30-23(31-35(21)22)19-13-18(7-8-20(19)39-5-2)40-34-11-9-33(10-12-34)26-27-14-17(15-28-26)24(36)32-38/h7-8,13-15,38H,4-6,9-12H2,1-3H3,(H,32,36)(H,30,31,37). The Bertz CT molecular complexity index is 1560. The Labute approximate surface area is 234 Å². The first-order chi connectivity index (χ1) is 19.4. The van der Waals surface area contributed by atoms with E-state index in [2.05, 4.69) is 31.2 Å². The zero-order chi connectivity index (χ0) is 28.2. The molecule has 1 fully saturated rings. The van der Waals surface area contributed by atoms with Crippen molar-refractivity contribution in [2.75, 3.05) is 37.7 Å². The molecular weight excluding hydrogens is 534 g/mol. The predicted molar refractivity (Wildman–Crippen MR) is 150 cm³/mol. The van der Waals surface area contributed by atoms with Crippen LogP contribution in [0.25, 0.3) is 16.9 Å². The van der Waals surface area contributed by atoms with Crippen LogP contribution in [0.3, 0.4) is 0 Å². The van der Waals surface area contributed by atoms with Crippen LogP contribution in [-0.4, -0.2) is 77.8 Å². The minimum atomic E-state index is -0.650. The molecule has 0 radical (unpaired) electrons. The maximum Gasteiger partial charge on any atom is 0.277 e. The number of aryl methyl sites for hydroxylation is 2. The first-order valence-electron chi connectivity index (χ1n) is 13.1. The number of aromatic nitrogens is 6. The molecule has 1 aliphatic rings. The number of H-pyrrole nitrogens is 1. The molecular formula is C26H31N9O4S. The summed E-state index contributed by atoms with van der Waals surface area (Å²) in [6, 6.07) is 5.90. The number of amides is 1. The van der Waals surface area contributed by atoms with Crippen LogP contribution < -0.4 is 20.7 Å². The van der Waals surface area contributed by atoms with E-state index in [-0.39, 0.29) is 11.1 Å². The summed E-state index contributed by atoms with van der Waals surface area (Å²) in [5, 5.41) is 13.5. The average Bonchev–Trinajstić information content (AvgIpc) is 3.29. The Hall–Kier alpha value is -4.01. The Morgan fingerprint density at radius 2 is 1.93 bits per heavy atom. The maximum atomic E-state index is 13.0. The topological polar surface area (TPSA) is 154 Å². The van der Waals surface area contributed by atoms with E-state index in [1.165, 1.54) is 12.4 Å². The molecule has 14 heteroatoms. The van der Waals surface area contributed by atoms with Gasteiger partial charge in [-0.1, -0.05) is 6.92 Å². The van der Waals surface area contributed by atoms with E-state index in [0.717, 1.165) is 36.7 Å². The van der Waals surface area contributed by atoms with E-state index in [1.807, 2.05) is 36.9 Å². The zero-order valence-corrected chi connectivity index (χ0v) is 23.4. The minimum absolute atomic E-state index is 0.187. The SMILES string of the molecule is CCCc1nc(C)c2c(=O)[nH]c(-c3cc(SN4CCN(c5ncc(C(=O)NO)cn5)CC4)ccc3OCC)nn12. The van der Waals surface area contributed by atoms with Crippen LogP contribution in [0.2, 0.25) is 0 Å². The third-order valence-corrected chi connectivity index (χ3v) is 7.57. The van der Waals surface area contributed by atoms with Gasteiger partial charge in [0, 0.05) is 49.9 Å². The van der Waals surface area contributed by atoms with Crippen molar-refractivity contribution in [2.45, 2.75) is 38.5 Å². The number of carbonyl (C=O) groups excluding carboxylic acids is 1. The van der Waals surface area contributed by atoms with Crippen LogP contribution in [0.15, 0.2) is 40.3 Å². The normalized spacial score (nSPS) is 14.1. The number of imidazole rings is 1. The van der Waals surface area contributed by atoms with Gasteiger partial charge in [0.1, 0.15) is 11.6 Å². The third-order valence-electron chi connectivity index (χ3n) is 6.48. The quantitative estimate of drug-likeness (QED) is 0.156.